The Morgan fingerprint density at radius 1 is 1.28 bits per heavy atom. The molecule has 102 valence electrons. The molecule has 1 saturated heterocycles. The standard InChI is InChI=1S/C13H22BrN3S/c1-10(15)13(11-4-5-12(14)18-11)17-7-3-6-16(2)8-9-17/h4-5,10,13H,3,6-9,15H2,1-2H3. The smallest absolute Gasteiger partial charge is 0.0702 e. The van der Waals surface area contributed by atoms with Crippen molar-refractivity contribution in [1.82, 2.24) is 9.80 Å². The number of likely N-dealkylation sites (N-methyl/N-ethyl adjacent to an activating group) is 1. The van der Waals surface area contributed by atoms with Gasteiger partial charge in [0.1, 0.15) is 0 Å². The fourth-order valence-electron chi connectivity index (χ4n) is 2.60. The Morgan fingerprint density at radius 2 is 2.06 bits per heavy atom. The molecule has 2 heterocycles. The van der Waals surface area contributed by atoms with E-state index in [1.54, 1.807) is 11.3 Å². The van der Waals surface area contributed by atoms with Gasteiger partial charge in [-0.2, -0.15) is 0 Å². The maximum atomic E-state index is 6.23. The molecule has 0 amide bonds. The Balaban J connectivity index is 2.14. The quantitative estimate of drug-likeness (QED) is 0.923. The molecule has 0 aromatic carbocycles. The molecule has 0 saturated carbocycles. The molecule has 0 spiro atoms. The number of hydrogen-bond donors (Lipinski definition) is 1. The minimum atomic E-state index is 0.166. The largest absolute Gasteiger partial charge is 0.326 e. The highest BCUT2D eigenvalue weighted by molar-refractivity contribution is 9.11. The molecule has 1 aromatic heterocycles. The van der Waals surface area contributed by atoms with Crippen LogP contribution in [0.2, 0.25) is 0 Å². The Labute approximate surface area is 122 Å². The summed E-state index contributed by atoms with van der Waals surface area (Å²) in [6, 6.07) is 4.85. The van der Waals surface area contributed by atoms with Crippen LogP contribution in [0.5, 0.6) is 0 Å². The van der Waals surface area contributed by atoms with Gasteiger partial charge >= 0.3 is 0 Å². The first-order valence-electron chi connectivity index (χ1n) is 6.51. The number of thiophene rings is 1. The molecule has 2 unspecified atom stereocenters. The molecule has 0 aliphatic carbocycles. The highest BCUT2D eigenvalue weighted by Crippen LogP contribution is 2.32. The SMILES string of the molecule is CC(N)C(c1ccc(Br)s1)N1CCCN(C)CC1. The minimum Gasteiger partial charge on any atom is -0.326 e. The van der Waals surface area contributed by atoms with Crippen LogP contribution >= 0.6 is 27.3 Å². The van der Waals surface area contributed by atoms with E-state index in [-0.39, 0.29) is 6.04 Å². The molecule has 1 aliphatic rings. The average molecular weight is 332 g/mol. The molecule has 2 N–H and O–H groups in total. The van der Waals surface area contributed by atoms with Gasteiger partial charge in [-0.15, -0.1) is 11.3 Å². The minimum absolute atomic E-state index is 0.166. The zero-order chi connectivity index (χ0) is 13.1. The second-order valence-corrected chi connectivity index (χ2v) is 7.63. The molecule has 3 nitrogen and oxygen atoms in total. The van der Waals surface area contributed by atoms with Gasteiger partial charge in [0.25, 0.3) is 0 Å². The predicted octanol–water partition coefficient (Wildman–Crippen LogP) is 2.54. The predicted molar refractivity (Wildman–Crippen MR) is 82.1 cm³/mol. The van der Waals surface area contributed by atoms with Crippen molar-refractivity contribution < 1.29 is 0 Å². The lowest BCUT2D eigenvalue weighted by Gasteiger charge is -2.32. The summed E-state index contributed by atoms with van der Waals surface area (Å²) in [6.07, 6.45) is 1.23. The van der Waals surface area contributed by atoms with E-state index in [4.69, 9.17) is 5.73 Å². The van der Waals surface area contributed by atoms with Gasteiger partial charge < -0.3 is 10.6 Å². The van der Waals surface area contributed by atoms with Crippen molar-refractivity contribution >= 4 is 27.3 Å². The Morgan fingerprint density at radius 3 is 2.67 bits per heavy atom. The summed E-state index contributed by atoms with van der Waals surface area (Å²) in [6.45, 7) is 6.70. The third-order valence-electron chi connectivity index (χ3n) is 3.53. The third-order valence-corrected chi connectivity index (χ3v) is 5.23. The number of nitrogens with two attached hydrogens (primary N) is 1. The Kier molecular flexibility index (Phi) is 5.21. The Bertz CT molecular complexity index is 380. The van der Waals surface area contributed by atoms with Gasteiger partial charge in [0.15, 0.2) is 0 Å². The van der Waals surface area contributed by atoms with Gasteiger partial charge in [-0.25, -0.2) is 0 Å². The number of rotatable bonds is 3. The lowest BCUT2D eigenvalue weighted by atomic mass is 10.1. The molecular weight excluding hydrogens is 310 g/mol. The van der Waals surface area contributed by atoms with E-state index in [2.05, 4.69) is 51.8 Å². The van der Waals surface area contributed by atoms with Gasteiger partial charge in [-0.3, -0.25) is 4.90 Å². The zero-order valence-electron chi connectivity index (χ0n) is 11.1. The Hall–Kier alpha value is 0.0600. The average Bonchev–Trinajstić information content (AvgIpc) is 2.60. The summed E-state index contributed by atoms with van der Waals surface area (Å²) in [5.41, 5.74) is 6.23. The van der Waals surface area contributed by atoms with Crippen LogP contribution in [0.4, 0.5) is 0 Å². The van der Waals surface area contributed by atoms with Crippen LogP contribution in [0.15, 0.2) is 15.9 Å². The van der Waals surface area contributed by atoms with Crippen LogP contribution in [-0.2, 0) is 0 Å². The van der Waals surface area contributed by atoms with Crippen molar-refractivity contribution in [2.45, 2.75) is 25.4 Å². The van der Waals surface area contributed by atoms with Crippen LogP contribution in [0.3, 0.4) is 0 Å². The van der Waals surface area contributed by atoms with Crippen molar-refractivity contribution in [3.8, 4) is 0 Å². The first-order chi connectivity index (χ1) is 8.58. The van der Waals surface area contributed by atoms with Crippen molar-refractivity contribution in [2.75, 3.05) is 33.2 Å². The first kappa shape index (κ1) is 14.5. The fraction of sp³-hybridized carbons (Fsp3) is 0.692. The van der Waals surface area contributed by atoms with Gasteiger partial charge in [0.2, 0.25) is 0 Å². The third kappa shape index (κ3) is 3.54. The van der Waals surface area contributed by atoms with Crippen LogP contribution in [-0.4, -0.2) is 49.1 Å². The van der Waals surface area contributed by atoms with E-state index in [9.17, 15) is 0 Å². The van der Waals surface area contributed by atoms with E-state index >= 15 is 0 Å². The summed E-state index contributed by atoms with van der Waals surface area (Å²) in [4.78, 5) is 6.33. The molecule has 2 atom stereocenters. The van der Waals surface area contributed by atoms with Crippen LogP contribution < -0.4 is 5.73 Å². The summed E-state index contributed by atoms with van der Waals surface area (Å²) in [7, 11) is 2.20. The number of hydrogen-bond acceptors (Lipinski definition) is 4. The summed E-state index contributed by atoms with van der Waals surface area (Å²) in [5.74, 6) is 0. The number of halogens is 1. The van der Waals surface area contributed by atoms with E-state index in [1.807, 2.05) is 0 Å². The molecule has 5 heteroatoms. The summed E-state index contributed by atoms with van der Waals surface area (Å²) in [5, 5.41) is 0. The van der Waals surface area contributed by atoms with E-state index in [0.29, 0.717) is 6.04 Å². The first-order valence-corrected chi connectivity index (χ1v) is 8.12. The normalized spacial score (nSPS) is 22.7. The molecule has 1 aromatic rings. The van der Waals surface area contributed by atoms with Crippen molar-refractivity contribution in [1.29, 1.82) is 0 Å². The summed E-state index contributed by atoms with van der Waals surface area (Å²) < 4.78 is 1.19. The molecule has 2 rings (SSSR count). The lowest BCUT2D eigenvalue weighted by Crippen LogP contribution is -2.40. The zero-order valence-corrected chi connectivity index (χ0v) is 13.5. The molecule has 0 bridgehead atoms. The highest BCUT2D eigenvalue weighted by Gasteiger charge is 2.26. The lowest BCUT2D eigenvalue weighted by molar-refractivity contribution is 0.185. The molecular formula is C13H22BrN3S. The maximum Gasteiger partial charge on any atom is 0.0702 e. The highest BCUT2D eigenvalue weighted by atomic mass is 79.9. The van der Waals surface area contributed by atoms with E-state index in [1.165, 1.54) is 21.6 Å². The molecule has 1 fully saturated rings. The van der Waals surface area contributed by atoms with Crippen LogP contribution in [0, 0.1) is 0 Å². The maximum absolute atomic E-state index is 6.23. The molecule has 0 radical (unpaired) electrons. The van der Waals surface area contributed by atoms with Crippen LogP contribution in [0.1, 0.15) is 24.3 Å². The molecule has 18 heavy (non-hydrogen) atoms. The van der Waals surface area contributed by atoms with Gasteiger partial charge in [0.05, 0.1) is 9.83 Å². The molecule has 1 aliphatic heterocycles. The van der Waals surface area contributed by atoms with Gasteiger partial charge in [-0.1, -0.05) is 0 Å². The topological polar surface area (TPSA) is 32.5 Å². The number of nitrogens with zero attached hydrogens (tertiary/aromatic N) is 2. The summed E-state index contributed by atoms with van der Waals surface area (Å²) >= 11 is 5.36. The van der Waals surface area contributed by atoms with E-state index < -0.39 is 0 Å². The van der Waals surface area contributed by atoms with Crippen molar-refractivity contribution in [3.63, 3.8) is 0 Å². The monoisotopic (exact) mass is 331 g/mol. The van der Waals surface area contributed by atoms with Crippen LogP contribution in [0.25, 0.3) is 0 Å². The van der Waals surface area contributed by atoms with E-state index in [0.717, 1.165) is 19.6 Å². The fourth-order valence-corrected chi connectivity index (χ4v) is 4.28. The van der Waals surface area contributed by atoms with Crippen molar-refractivity contribution in [3.05, 3.63) is 20.8 Å². The van der Waals surface area contributed by atoms with Crippen molar-refractivity contribution in [2.24, 2.45) is 5.73 Å². The van der Waals surface area contributed by atoms with Gasteiger partial charge in [0, 0.05) is 30.6 Å². The van der Waals surface area contributed by atoms with Gasteiger partial charge in [-0.05, 0) is 55.0 Å². The second-order valence-electron chi connectivity index (χ2n) is 5.14. The second kappa shape index (κ2) is 6.48.